The third-order valence-electron chi connectivity index (χ3n) is 10.6. The van der Waals surface area contributed by atoms with E-state index in [1.807, 2.05) is 0 Å². The zero-order valence-corrected chi connectivity index (χ0v) is 37.9. The van der Waals surface area contributed by atoms with Gasteiger partial charge in [0.2, 0.25) is 0 Å². The standard InChI is InChI=1S/C51H88O9/c1-3-5-7-9-11-13-15-17-19-21-23-24-26-28-30-32-34-36-38-40-47(53)59-45(44-58-51-50(56)49(55)48(54)46(42-52)60-51)43-57-41-39-37-35-33-31-29-27-25-22-20-18-16-14-12-10-8-6-4-2/h6,8,11-14,17-20,23-24,45-46,48-52,54-56H,3-5,7,9-10,15-16,21-22,25-44H2,1-2H3/b8-6-,13-11-,14-12-,19-17-,20-18-,24-23-. The smallest absolute Gasteiger partial charge is 0.306 e. The average Bonchev–Trinajstić information content (AvgIpc) is 3.25. The molecule has 1 aliphatic rings. The summed E-state index contributed by atoms with van der Waals surface area (Å²) in [7, 11) is 0. The van der Waals surface area contributed by atoms with Crippen LogP contribution < -0.4 is 0 Å². The lowest BCUT2D eigenvalue weighted by atomic mass is 9.99. The highest BCUT2D eigenvalue weighted by Gasteiger charge is 2.44. The van der Waals surface area contributed by atoms with Gasteiger partial charge in [0.25, 0.3) is 0 Å². The van der Waals surface area contributed by atoms with Gasteiger partial charge < -0.3 is 39.4 Å². The van der Waals surface area contributed by atoms with Crippen LogP contribution in [0.15, 0.2) is 72.9 Å². The molecule has 0 aromatic heterocycles. The van der Waals surface area contributed by atoms with Crippen LogP contribution in [0.1, 0.15) is 181 Å². The summed E-state index contributed by atoms with van der Waals surface area (Å²) >= 11 is 0. The molecule has 0 spiro atoms. The molecule has 1 aliphatic heterocycles. The summed E-state index contributed by atoms with van der Waals surface area (Å²) in [6.45, 7) is 4.38. The molecule has 0 bridgehead atoms. The maximum Gasteiger partial charge on any atom is 0.306 e. The molecule has 6 atom stereocenters. The highest BCUT2D eigenvalue weighted by atomic mass is 16.7. The molecular formula is C51H88O9. The fourth-order valence-electron chi connectivity index (χ4n) is 6.87. The van der Waals surface area contributed by atoms with Crippen molar-refractivity contribution in [2.45, 2.75) is 218 Å². The number of aliphatic hydroxyl groups is 4. The van der Waals surface area contributed by atoms with Gasteiger partial charge in [-0.1, -0.05) is 164 Å². The Labute approximate surface area is 366 Å². The number of carbonyl (C=O) groups is 1. The quantitative estimate of drug-likeness (QED) is 0.0270. The second-order valence-electron chi connectivity index (χ2n) is 16.2. The SMILES string of the molecule is CC/C=C\C/C=C\C/C=C\CCCCCCCCCCOCC(COC1OC(CO)C(O)C(O)C1O)OC(=O)CCCCCCCC/C=C\C/C=C\C/C=C\CCCCC. The summed E-state index contributed by atoms with van der Waals surface area (Å²) in [4.78, 5) is 12.8. The second-order valence-corrected chi connectivity index (χ2v) is 16.2. The monoisotopic (exact) mass is 845 g/mol. The Morgan fingerprint density at radius 2 is 1.02 bits per heavy atom. The molecule has 0 aromatic rings. The Bertz CT molecular complexity index is 1140. The Morgan fingerprint density at radius 3 is 1.53 bits per heavy atom. The maximum absolute atomic E-state index is 12.8. The van der Waals surface area contributed by atoms with E-state index in [4.69, 9.17) is 18.9 Å². The first-order chi connectivity index (χ1) is 29.4. The van der Waals surface area contributed by atoms with Crippen molar-refractivity contribution >= 4 is 5.97 Å². The van der Waals surface area contributed by atoms with E-state index >= 15 is 0 Å². The molecule has 1 fully saturated rings. The van der Waals surface area contributed by atoms with Crippen molar-refractivity contribution in [2.24, 2.45) is 0 Å². The fourth-order valence-corrected chi connectivity index (χ4v) is 6.87. The third kappa shape index (κ3) is 32.4. The minimum Gasteiger partial charge on any atom is -0.457 e. The van der Waals surface area contributed by atoms with E-state index in [0.717, 1.165) is 89.9 Å². The van der Waals surface area contributed by atoms with Crippen LogP contribution >= 0.6 is 0 Å². The van der Waals surface area contributed by atoms with Crippen molar-refractivity contribution < 1.29 is 44.2 Å². The topological polar surface area (TPSA) is 135 Å². The zero-order chi connectivity index (χ0) is 43.6. The molecule has 9 nitrogen and oxygen atoms in total. The van der Waals surface area contributed by atoms with E-state index in [-0.39, 0.29) is 19.2 Å². The number of unbranched alkanes of at least 4 members (excludes halogenated alkanes) is 17. The first-order valence-corrected chi connectivity index (χ1v) is 24.0. The van der Waals surface area contributed by atoms with Crippen LogP contribution in [0.4, 0.5) is 0 Å². The normalized spacial score (nSPS) is 20.7. The van der Waals surface area contributed by atoms with Gasteiger partial charge in [0, 0.05) is 13.0 Å². The summed E-state index contributed by atoms with van der Waals surface area (Å²) in [5, 5.41) is 40.2. The molecule has 4 N–H and O–H groups in total. The number of esters is 1. The molecule has 346 valence electrons. The van der Waals surface area contributed by atoms with Crippen molar-refractivity contribution in [3.05, 3.63) is 72.9 Å². The Kier molecular flexibility index (Phi) is 38.9. The van der Waals surface area contributed by atoms with E-state index in [0.29, 0.717) is 13.0 Å². The lowest BCUT2D eigenvalue weighted by Crippen LogP contribution is -2.59. The predicted octanol–water partition coefficient (Wildman–Crippen LogP) is 11.3. The van der Waals surface area contributed by atoms with Crippen molar-refractivity contribution in [2.75, 3.05) is 26.4 Å². The van der Waals surface area contributed by atoms with Gasteiger partial charge in [0.1, 0.15) is 30.5 Å². The minimum absolute atomic E-state index is 0.126. The number of aliphatic hydroxyl groups excluding tert-OH is 4. The van der Waals surface area contributed by atoms with Crippen molar-refractivity contribution in [3.63, 3.8) is 0 Å². The first-order valence-electron chi connectivity index (χ1n) is 24.0. The lowest BCUT2D eigenvalue weighted by molar-refractivity contribution is -0.305. The summed E-state index contributed by atoms with van der Waals surface area (Å²) < 4.78 is 22.8. The molecule has 0 aliphatic carbocycles. The third-order valence-corrected chi connectivity index (χ3v) is 10.6. The molecule has 1 heterocycles. The summed E-state index contributed by atoms with van der Waals surface area (Å²) in [6, 6.07) is 0. The highest BCUT2D eigenvalue weighted by molar-refractivity contribution is 5.69. The van der Waals surface area contributed by atoms with Crippen molar-refractivity contribution in [3.8, 4) is 0 Å². The Hall–Kier alpha value is -2.37. The van der Waals surface area contributed by atoms with Gasteiger partial charge in [0.05, 0.1) is 19.8 Å². The molecular weight excluding hydrogens is 757 g/mol. The van der Waals surface area contributed by atoms with Crippen LogP contribution in [0.25, 0.3) is 0 Å². The molecule has 1 rings (SSSR count). The number of hydrogen-bond donors (Lipinski definition) is 4. The number of allylic oxidation sites excluding steroid dienone is 12. The molecule has 0 aromatic carbocycles. The van der Waals surface area contributed by atoms with Gasteiger partial charge in [-0.15, -0.1) is 0 Å². The van der Waals surface area contributed by atoms with Crippen LogP contribution in [-0.2, 0) is 23.7 Å². The summed E-state index contributed by atoms with van der Waals surface area (Å²) in [5.41, 5.74) is 0. The van der Waals surface area contributed by atoms with Gasteiger partial charge >= 0.3 is 5.97 Å². The Balaban J connectivity index is 2.26. The maximum atomic E-state index is 12.8. The first kappa shape index (κ1) is 55.6. The van der Waals surface area contributed by atoms with Crippen molar-refractivity contribution in [1.82, 2.24) is 0 Å². The lowest BCUT2D eigenvalue weighted by Gasteiger charge is -2.39. The zero-order valence-electron chi connectivity index (χ0n) is 37.9. The molecule has 6 unspecified atom stereocenters. The number of hydrogen-bond acceptors (Lipinski definition) is 9. The van der Waals surface area contributed by atoms with Gasteiger partial charge in [0.15, 0.2) is 6.29 Å². The van der Waals surface area contributed by atoms with E-state index < -0.39 is 43.4 Å². The average molecular weight is 845 g/mol. The summed E-state index contributed by atoms with van der Waals surface area (Å²) in [5.74, 6) is -0.331. The highest BCUT2D eigenvalue weighted by Crippen LogP contribution is 2.22. The van der Waals surface area contributed by atoms with Gasteiger partial charge in [-0.3, -0.25) is 4.79 Å². The minimum atomic E-state index is -1.54. The molecule has 0 amide bonds. The van der Waals surface area contributed by atoms with E-state index in [1.54, 1.807) is 0 Å². The molecule has 60 heavy (non-hydrogen) atoms. The van der Waals surface area contributed by atoms with Crippen LogP contribution in [0, 0.1) is 0 Å². The number of ether oxygens (including phenoxy) is 4. The molecule has 0 saturated carbocycles. The van der Waals surface area contributed by atoms with E-state index in [2.05, 4.69) is 86.8 Å². The van der Waals surface area contributed by atoms with Crippen molar-refractivity contribution in [1.29, 1.82) is 0 Å². The van der Waals surface area contributed by atoms with E-state index in [9.17, 15) is 25.2 Å². The molecule has 1 saturated heterocycles. The fraction of sp³-hybridized carbons (Fsp3) is 0.745. The predicted molar refractivity (Wildman–Crippen MR) is 247 cm³/mol. The number of carbonyl (C=O) groups excluding carboxylic acids is 1. The molecule has 9 heteroatoms. The Morgan fingerprint density at radius 1 is 0.550 bits per heavy atom. The van der Waals surface area contributed by atoms with Gasteiger partial charge in [-0.2, -0.15) is 0 Å². The van der Waals surface area contributed by atoms with Gasteiger partial charge in [-0.05, 0) is 83.5 Å². The van der Waals surface area contributed by atoms with Crippen LogP contribution in [0.3, 0.4) is 0 Å². The largest absolute Gasteiger partial charge is 0.457 e. The summed E-state index contributed by atoms with van der Waals surface area (Å²) in [6.07, 6.45) is 47.8. The van der Waals surface area contributed by atoms with Gasteiger partial charge in [-0.25, -0.2) is 0 Å². The van der Waals surface area contributed by atoms with Crippen LogP contribution in [0.5, 0.6) is 0 Å². The number of rotatable bonds is 40. The van der Waals surface area contributed by atoms with Crippen LogP contribution in [-0.4, -0.2) is 89.6 Å². The van der Waals surface area contributed by atoms with Crippen LogP contribution in [0.2, 0.25) is 0 Å². The molecule has 0 radical (unpaired) electrons. The van der Waals surface area contributed by atoms with E-state index in [1.165, 1.54) is 70.6 Å². The second kappa shape index (κ2) is 42.0.